The standard InChI is InChI=1S/C29H56N6O8/c1-4-12-31-28(39)23-43-21-20-42-19-18-41-17-14-33-25(36)10-11-26(37)34-24(29(30)40)9-7-8-13-32-27(38)22-35(15-5-2)16-6-3/h24H,4-23H2,1-3H3,(H2,30,40)(H,31,39)(H,32,38)(H,33,36)(H,34,37)/t24-/m0/s1. The lowest BCUT2D eigenvalue weighted by atomic mass is 10.1. The largest absolute Gasteiger partial charge is 0.377 e. The highest BCUT2D eigenvalue weighted by Gasteiger charge is 2.18. The van der Waals surface area contributed by atoms with Crippen LogP contribution in [-0.2, 0) is 38.2 Å². The maximum absolute atomic E-state index is 12.2. The van der Waals surface area contributed by atoms with Gasteiger partial charge in [0.15, 0.2) is 0 Å². The first-order valence-electron chi connectivity index (χ1n) is 15.6. The highest BCUT2D eigenvalue weighted by atomic mass is 16.5. The van der Waals surface area contributed by atoms with E-state index in [1.165, 1.54) is 0 Å². The van der Waals surface area contributed by atoms with Gasteiger partial charge in [-0.25, -0.2) is 0 Å². The van der Waals surface area contributed by atoms with E-state index in [0.29, 0.717) is 65.3 Å². The highest BCUT2D eigenvalue weighted by Crippen LogP contribution is 2.02. The van der Waals surface area contributed by atoms with Gasteiger partial charge in [0.05, 0.1) is 39.6 Å². The minimum atomic E-state index is -0.830. The Kier molecular flexibility index (Phi) is 26.2. The molecule has 0 aliphatic rings. The summed E-state index contributed by atoms with van der Waals surface area (Å²) in [5.41, 5.74) is 5.44. The minimum Gasteiger partial charge on any atom is -0.377 e. The van der Waals surface area contributed by atoms with Crippen LogP contribution in [0, 0.1) is 0 Å². The van der Waals surface area contributed by atoms with Crippen molar-refractivity contribution in [2.75, 3.05) is 78.9 Å². The Morgan fingerprint density at radius 2 is 1.23 bits per heavy atom. The third-order valence-electron chi connectivity index (χ3n) is 6.06. The van der Waals surface area contributed by atoms with Gasteiger partial charge >= 0.3 is 0 Å². The maximum Gasteiger partial charge on any atom is 0.245 e. The van der Waals surface area contributed by atoms with Crippen LogP contribution < -0.4 is 27.0 Å². The number of carbonyl (C=O) groups excluding carboxylic acids is 5. The van der Waals surface area contributed by atoms with Crippen LogP contribution in [0.25, 0.3) is 0 Å². The van der Waals surface area contributed by atoms with Crippen molar-refractivity contribution in [2.45, 2.75) is 78.2 Å². The van der Waals surface area contributed by atoms with Crippen LogP contribution in [0.15, 0.2) is 0 Å². The van der Waals surface area contributed by atoms with Gasteiger partial charge in [-0.2, -0.15) is 0 Å². The molecule has 0 saturated heterocycles. The van der Waals surface area contributed by atoms with Crippen LogP contribution in [0.2, 0.25) is 0 Å². The predicted octanol–water partition coefficient (Wildman–Crippen LogP) is -0.163. The number of nitrogens with zero attached hydrogens (tertiary/aromatic N) is 1. The molecule has 0 rings (SSSR count). The van der Waals surface area contributed by atoms with Gasteiger partial charge in [-0.1, -0.05) is 20.8 Å². The number of nitrogens with two attached hydrogens (primary N) is 1. The van der Waals surface area contributed by atoms with E-state index < -0.39 is 17.9 Å². The van der Waals surface area contributed by atoms with Crippen molar-refractivity contribution < 1.29 is 38.2 Å². The molecular weight excluding hydrogens is 560 g/mol. The zero-order chi connectivity index (χ0) is 32.1. The average molecular weight is 617 g/mol. The van der Waals surface area contributed by atoms with Crippen LogP contribution in [-0.4, -0.2) is 119 Å². The van der Waals surface area contributed by atoms with Crippen molar-refractivity contribution >= 4 is 29.5 Å². The zero-order valence-electron chi connectivity index (χ0n) is 26.5. The summed E-state index contributed by atoms with van der Waals surface area (Å²) in [6, 6.07) is -0.830. The predicted molar refractivity (Wildman–Crippen MR) is 163 cm³/mol. The second-order valence-corrected chi connectivity index (χ2v) is 10.1. The van der Waals surface area contributed by atoms with E-state index in [-0.39, 0.29) is 50.3 Å². The molecule has 0 aromatic heterocycles. The summed E-state index contributed by atoms with van der Waals surface area (Å²) in [5.74, 6) is -1.55. The van der Waals surface area contributed by atoms with Gasteiger partial charge in [0.1, 0.15) is 12.6 Å². The lowest BCUT2D eigenvalue weighted by molar-refractivity contribution is -0.129. The Hall–Kier alpha value is -2.81. The summed E-state index contributed by atoms with van der Waals surface area (Å²) >= 11 is 0. The number of carbonyl (C=O) groups is 5. The van der Waals surface area contributed by atoms with Gasteiger partial charge in [-0.3, -0.25) is 28.9 Å². The molecule has 0 aliphatic carbocycles. The van der Waals surface area contributed by atoms with E-state index in [9.17, 15) is 24.0 Å². The normalized spacial score (nSPS) is 11.6. The van der Waals surface area contributed by atoms with E-state index in [1.54, 1.807) is 0 Å². The molecule has 43 heavy (non-hydrogen) atoms. The fraction of sp³-hybridized carbons (Fsp3) is 0.828. The molecule has 0 aromatic carbocycles. The van der Waals surface area contributed by atoms with Crippen molar-refractivity contribution in [3.8, 4) is 0 Å². The van der Waals surface area contributed by atoms with Crippen molar-refractivity contribution in [2.24, 2.45) is 5.73 Å². The molecule has 5 amide bonds. The SMILES string of the molecule is CCCNC(=O)COCCOCCOCCNC(=O)CCC(=O)N[C@@H](CCCCNC(=O)CN(CCC)CCC)C(N)=O. The molecule has 0 spiro atoms. The molecule has 6 N–H and O–H groups in total. The smallest absolute Gasteiger partial charge is 0.245 e. The summed E-state index contributed by atoms with van der Waals surface area (Å²) in [7, 11) is 0. The maximum atomic E-state index is 12.2. The van der Waals surface area contributed by atoms with Gasteiger partial charge in [0.2, 0.25) is 29.5 Å². The molecule has 0 unspecified atom stereocenters. The molecule has 0 aromatic rings. The lowest BCUT2D eigenvalue weighted by Gasteiger charge is -2.20. The van der Waals surface area contributed by atoms with Crippen LogP contribution >= 0.6 is 0 Å². The van der Waals surface area contributed by atoms with E-state index in [1.807, 2.05) is 6.92 Å². The van der Waals surface area contributed by atoms with Gasteiger partial charge < -0.3 is 41.2 Å². The first kappa shape index (κ1) is 40.2. The number of primary amides is 1. The third kappa shape index (κ3) is 25.4. The number of rotatable bonds is 29. The Balaban J connectivity index is 3.86. The molecule has 0 aliphatic heterocycles. The highest BCUT2D eigenvalue weighted by molar-refractivity contribution is 5.88. The van der Waals surface area contributed by atoms with E-state index in [2.05, 4.69) is 40.0 Å². The number of hydrogen-bond acceptors (Lipinski definition) is 9. The van der Waals surface area contributed by atoms with E-state index in [4.69, 9.17) is 19.9 Å². The van der Waals surface area contributed by atoms with E-state index in [0.717, 1.165) is 32.4 Å². The number of ether oxygens (including phenoxy) is 3. The topological polar surface area (TPSA) is 190 Å². The summed E-state index contributed by atoms with van der Waals surface area (Å²) in [5, 5.41) is 10.9. The fourth-order valence-electron chi connectivity index (χ4n) is 3.91. The first-order valence-corrected chi connectivity index (χ1v) is 15.6. The Morgan fingerprint density at radius 1 is 0.651 bits per heavy atom. The van der Waals surface area contributed by atoms with Crippen LogP contribution in [0.3, 0.4) is 0 Å². The van der Waals surface area contributed by atoms with Crippen molar-refractivity contribution in [1.82, 2.24) is 26.2 Å². The van der Waals surface area contributed by atoms with Crippen molar-refractivity contribution in [3.05, 3.63) is 0 Å². The Bertz CT molecular complexity index is 780. The molecule has 250 valence electrons. The van der Waals surface area contributed by atoms with Crippen molar-refractivity contribution in [3.63, 3.8) is 0 Å². The van der Waals surface area contributed by atoms with Crippen LogP contribution in [0.4, 0.5) is 0 Å². The fourth-order valence-corrected chi connectivity index (χ4v) is 3.91. The number of unbranched alkanes of at least 4 members (excludes halogenated alkanes) is 1. The third-order valence-corrected chi connectivity index (χ3v) is 6.06. The summed E-state index contributed by atoms with van der Waals surface area (Å²) < 4.78 is 15.9. The zero-order valence-corrected chi connectivity index (χ0v) is 26.5. The number of amides is 5. The number of hydrogen-bond donors (Lipinski definition) is 5. The van der Waals surface area contributed by atoms with Crippen LogP contribution in [0.5, 0.6) is 0 Å². The van der Waals surface area contributed by atoms with E-state index >= 15 is 0 Å². The molecule has 14 nitrogen and oxygen atoms in total. The first-order chi connectivity index (χ1) is 20.7. The Labute approximate surface area is 256 Å². The molecule has 0 bridgehead atoms. The minimum absolute atomic E-state index is 0.00677. The molecule has 0 saturated carbocycles. The lowest BCUT2D eigenvalue weighted by Crippen LogP contribution is -2.44. The molecule has 0 fully saturated rings. The summed E-state index contributed by atoms with van der Waals surface area (Å²) in [6.45, 7) is 11.3. The summed E-state index contributed by atoms with van der Waals surface area (Å²) in [6.07, 6.45) is 4.35. The quantitative estimate of drug-likeness (QED) is 0.0711. The Morgan fingerprint density at radius 3 is 1.86 bits per heavy atom. The second kappa shape index (κ2) is 28.0. The molecule has 0 radical (unpaired) electrons. The summed E-state index contributed by atoms with van der Waals surface area (Å²) in [4.78, 5) is 61.6. The van der Waals surface area contributed by atoms with Gasteiger partial charge in [0.25, 0.3) is 0 Å². The monoisotopic (exact) mass is 616 g/mol. The molecule has 0 heterocycles. The molecule has 14 heteroatoms. The average Bonchev–Trinajstić information content (AvgIpc) is 2.97. The molecular formula is C29H56N6O8. The van der Waals surface area contributed by atoms with Gasteiger partial charge in [-0.15, -0.1) is 0 Å². The number of nitrogens with one attached hydrogen (secondary N) is 4. The second-order valence-electron chi connectivity index (χ2n) is 10.1. The van der Waals surface area contributed by atoms with Gasteiger partial charge in [0, 0.05) is 32.5 Å². The van der Waals surface area contributed by atoms with Crippen LogP contribution in [0.1, 0.15) is 72.1 Å². The van der Waals surface area contributed by atoms with Gasteiger partial charge in [-0.05, 0) is 51.6 Å². The molecule has 1 atom stereocenters. The van der Waals surface area contributed by atoms with Crippen molar-refractivity contribution in [1.29, 1.82) is 0 Å².